The van der Waals surface area contributed by atoms with Gasteiger partial charge >= 0.3 is 0 Å². The molecule has 1 aliphatic heterocycles. The van der Waals surface area contributed by atoms with Gasteiger partial charge in [-0.25, -0.2) is 0 Å². The van der Waals surface area contributed by atoms with Crippen molar-refractivity contribution in [2.75, 3.05) is 19.6 Å². The quantitative estimate of drug-likeness (QED) is 0.840. The van der Waals surface area contributed by atoms with Gasteiger partial charge < -0.3 is 5.73 Å². The Morgan fingerprint density at radius 2 is 2.29 bits per heavy atom. The van der Waals surface area contributed by atoms with Crippen LogP contribution in [0.15, 0.2) is 12.4 Å². The number of nitrogens with two attached hydrogens (primary N) is 1. The van der Waals surface area contributed by atoms with Crippen molar-refractivity contribution in [3.63, 3.8) is 0 Å². The summed E-state index contributed by atoms with van der Waals surface area (Å²) in [6.07, 6.45) is 9.18. The van der Waals surface area contributed by atoms with Crippen molar-refractivity contribution in [1.82, 2.24) is 14.7 Å². The molecule has 4 nitrogen and oxygen atoms in total. The average Bonchev–Trinajstić information content (AvgIpc) is 2.74. The molecule has 1 saturated heterocycles. The van der Waals surface area contributed by atoms with Crippen LogP contribution < -0.4 is 5.73 Å². The molecule has 0 bridgehead atoms. The van der Waals surface area contributed by atoms with E-state index < -0.39 is 0 Å². The second-order valence-corrected chi connectivity index (χ2v) is 5.04. The van der Waals surface area contributed by atoms with E-state index in [0.29, 0.717) is 6.04 Å². The molecule has 0 spiro atoms. The molecular formula is C13H24N4. The molecule has 1 atom stereocenters. The highest BCUT2D eigenvalue weighted by Gasteiger charge is 2.21. The molecule has 17 heavy (non-hydrogen) atoms. The molecule has 2 heterocycles. The lowest BCUT2D eigenvalue weighted by Gasteiger charge is -2.35. The minimum Gasteiger partial charge on any atom is -0.330 e. The predicted octanol–water partition coefficient (Wildman–Crippen LogP) is 1.39. The summed E-state index contributed by atoms with van der Waals surface area (Å²) in [5.74, 6) is 0. The summed E-state index contributed by atoms with van der Waals surface area (Å²) in [7, 11) is 0. The Bertz CT molecular complexity index is 332. The first-order valence-electron chi connectivity index (χ1n) is 6.73. The Morgan fingerprint density at radius 3 is 3.00 bits per heavy atom. The molecule has 1 unspecified atom stereocenters. The molecule has 0 saturated carbocycles. The van der Waals surface area contributed by atoms with E-state index in [2.05, 4.69) is 23.1 Å². The second kappa shape index (κ2) is 6.17. The molecule has 96 valence electrons. The maximum Gasteiger partial charge on any atom is 0.0536 e. The van der Waals surface area contributed by atoms with Gasteiger partial charge in [-0.1, -0.05) is 6.42 Å². The van der Waals surface area contributed by atoms with Crippen molar-refractivity contribution < 1.29 is 0 Å². The maximum absolute atomic E-state index is 5.69. The molecule has 1 aromatic heterocycles. The molecule has 0 radical (unpaired) electrons. The highest BCUT2D eigenvalue weighted by Crippen LogP contribution is 2.18. The van der Waals surface area contributed by atoms with Crippen LogP contribution in [0.5, 0.6) is 0 Å². The van der Waals surface area contributed by atoms with Crippen LogP contribution in [-0.4, -0.2) is 40.4 Å². The van der Waals surface area contributed by atoms with Crippen LogP contribution in [0.3, 0.4) is 0 Å². The van der Waals surface area contributed by atoms with Crippen molar-refractivity contribution in [3.05, 3.63) is 18.0 Å². The average molecular weight is 236 g/mol. The third-order valence-corrected chi connectivity index (χ3v) is 3.63. The lowest BCUT2D eigenvalue weighted by Crippen LogP contribution is -2.42. The Morgan fingerprint density at radius 1 is 1.41 bits per heavy atom. The molecule has 2 rings (SSSR count). The zero-order valence-electron chi connectivity index (χ0n) is 10.8. The highest BCUT2D eigenvalue weighted by atomic mass is 15.3. The molecule has 1 aliphatic rings. The number of aryl methyl sites for hydroxylation is 1. The normalized spacial score (nSPS) is 21.9. The number of piperidine rings is 1. The minimum absolute atomic E-state index is 0.699. The van der Waals surface area contributed by atoms with Gasteiger partial charge in [-0.2, -0.15) is 5.10 Å². The smallest absolute Gasteiger partial charge is 0.0536 e. The van der Waals surface area contributed by atoms with Gasteiger partial charge in [0.2, 0.25) is 0 Å². The van der Waals surface area contributed by atoms with E-state index in [4.69, 9.17) is 5.73 Å². The van der Waals surface area contributed by atoms with Crippen molar-refractivity contribution in [1.29, 1.82) is 0 Å². The first-order chi connectivity index (χ1) is 8.29. The highest BCUT2D eigenvalue weighted by molar-refractivity contribution is 4.99. The van der Waals surface area contributed by atoms with Crippen LogP contribution in [0.4, 0.5) is 0 Å². The Labute approximate surface area is 104 Å². The molecule has 2 N–H and O–H groups in total. The Balaban J connectivity index is 1.83. The summed E-state index contributed by atoms with van der Waals surface area (Å²) >= 11 is 0. The number of hydrogen-bond donors (Lipinski definition) is 1. The van der Waals surface area contributed by atoms with Gasteiger partial charge in [-0.15, -0.1) is 0 Å². The summed E-state index contributed by atoms with van der Waals surface area (Å²) in [5.41, 5.74) is 6.93. The van der Waals surface area contributed by atoms with E-state index in [-0.39, 0.29) is 0 Å². The molecule has 4 heteroatoms. The monoisotopic (exact) mass is 236 g/mol. The molecular weight excluding hydrogens is 212 g/mol. The van der Waals surface area contributed by atoms with E-state index in [0.717, 1.165) is 26.1 Å². The zero-order chi connectivity index (χ0) is 12.1. The fraction of sp³-hybridized carbons (Fsp3) is 0.769. The molecule has 0 aromatic carbocycles. The van der Waals surface area contributed by atoms with E-state index in [1.807, 2.05) is 10.9 Å². The summed E-state index contributed by atoms with van der Waals surface area (Å²) in [6.45, 7) is 6.22. The van der Waals surface area contributed by atoms with Gasteiger partial charge in [-0.05, 0) is 44.8 Å². The van der Waals surface area contributed by atoms with Crippen LogP contribution in [-0.2, 0) is 6.54 Å². The first-order valence-corrected chi connectivity index (χ1v) is 6.73. The van der Waals surface area contributed by atoms with Crippen molar-refractivity contribution in [3.8, 4) is 0 Å². The lowest BCUT2D eigenvalue weighted by molar-refractivity contribution is 0.135. The van der Waals surface area contributed by atoms with E-state index in [1.54, 1.807) is 0 Å². The van der Waals surface area contributed by atoms with Crippen molar-refractivity contribution in [2.24, 2.45) is 5.73 Å². The maximum atomic E-state index is 5.69. The van der Waals surface area contributed by atoms with Crippen molar-refractivity contribution in [2.45, 2.75) is 45.2 Å². The number of aromatic nitrogens is 2. The summed E-state index contributed by atoms with van der Waals surface area (Å²) in [5, 5.41) is 4.34. The van der Waals surface area contributed by atoms with Gasteiger partial charge in [0.25, 0.3) is 0 Å². The lowest BCUT2D eigenvalue weighted by atomic mass is 9.99. The molecule has 1 fully saturated rings. The zero-order valence-corrected chi connectivity index (χ0v) is 10.8. The van der Waals surface area contributed by atoms with Crippen LogP contribution >= 0.6 is 0 Å². The molecule has 1 aromatic rings. The van der Waals surface area contributed by atoms with E-state index in [1.165, 1.54) is 31.4 Å². The largest absolute Gasteiger partial charge is 0.330 e. The summed E-state index contributed by atoms with van der Waals surface area (Å²) in [6, 6.07) is 0.699. The van der Waals surface area contributed by atoms with E-state index in [9.17, 15) is 0 Å². The number of rotatable bonds is 5. The van der Waals surface area contributed by atoms with Crippen LogP contribution in [0, 0.1) is 6.92 Å². The van der Waals surface area contributed by atoms with Gasteiger partial charge in [0.1, 0.15) is 0 Å². The van der Waals surface area contributed by atoms with Crippen LogP contribution in [0.2, 0.25) is 0 Å². The summed E-state index contributed by atoms with van der Waals surface area (Å²) in [4.78, 5) is 2.59. The fourth-order valence-electron chi connectivity index (χ4n) is 2.69. The van der Waals surface area contributed by atoms with Gasteiger partial charge in [0.15, 0.2) is 0 Å². The predicted molar refractivity (Wildman–Crippen MR) is 69.8 cm³/mol. The third-order valence-electron chi connectivity index (χ3n) is 3.63. The standard InChI is InChI=1S/C13H24N4/c1-12-10-15-17(11-12)9-8-16-7-3-2-4-13(16)5-6-14/h10-11,13H,2-9,14H2,1H3. The van der Waals surface area contributed by atoms with Crippen molar-refractivity contribution >= 4 is 0 Å². The van der Waals surface area contributed by atoms with Crippen LogP contribution in [0.25, 0.3) is 0 Å². The fourth-order valence-corrected chi connectivity index (χ4v) is 2.69. The third kappa shape index (κ3) is 3.54. The van der Waals surface area contributed by atoms with Crippen LogP contribution in [0.1, 0.15) is 31.2 Å². The SMILES string of the molecule is Cc1cnn(CCN2CCCCC2CCN)c1. The minimum atomic E-state index is 0.699. The Hall–Kier alpha value is -0.870. The number of nitrogens with zero attached hydrogens (tertiary/aromatic N) is 3. The topological polar surface area (TPSA) is 47.1 Å². The van der Waals surface area contributed by atoms with Gasteiger partial charge in [-0.3, -0.25) is 9.58 Å². The Kier molecular flexibility index (Phi) is 4.57. The van der Waals surface area contributed by atoms with Gasteiger partial charge in [0, 0.05) is 18.8 Å². The summed E-state index contributed by atoms with van der Waals surface area (Å²) < 4.78 is 2.05. The molecule has 0 aliphatic carbocycles. The second-order valence-electron chi connectivity index (χ2n) is 5.04. The number of likely N-dealkylation sites (tertiary alicyclic amines) is 1. The van der Waals surface area contributed by atoms with Gasteiger partial charge in [0.05, 0.1) is 12.7 Å². The first kappa shape index (κ1) is 12.6. The molecule has 0 amide bonds. The number of hydrogen-bond acceptors (Lipinski definition) is 3. The van der Waals surface area contributed by atoms with E-state index >= 15 is 0 Å².